The first-order valence-electron chi connectivity index (χ1n) is 16.7. The summed E-state index contributed by atoms with van der Waals surface area (Å²) in [6, 6.07) is 17.1. The third-order valence-electron chi connectivity index (χ3n) is 9.84. The Hall–Kier alpha value is -3.67. The van der Waals surface area contributed by atoms with Crippen molar-refractivity contribution in [2.24, 2.45) is 16.7 Å². The number of alkyl carbamates (subject to hydrolysis) is 1. The molecule has 1 unspecified atom stereocenters. The van der Waals surface area contributed by atoms with Crippen molar-refractivity contribution in [1.29, 1.82) is 0 Å². The van der Waals surface area contributed by atoms with Crippen LogP contribution in [-0.4, -0.2) is 54.9 Å². The van der Waals surface area contributed by atoms with Crippen molar-refractivity contribution in [2.75, 3.05) is 13.7 Å². The van der Waals surface area contributed by atoms with Gasteiger partial charge in [-0.3, -0.25) is 9.59 Å². The SMILES string of the molecule is COC(=O)N[C@H](C(=O)N[C@@H](Cc1ccc(Br)cc1)[C@@H](C)CC1(C(=O)N[C@H]2c3cc(Cl)ccc3OC[C@H]2O)C[C@H]1c1ccccc1F)C(C)(C)C. The van der Waals surface area contributed by atoms with E-state index < -0.39 is 58.8 Å². The number of ether oxygens (including phenoxy) is 2. The molecule has 5 rings (SSSR count). The van der Waals surface area contributed by atoms with Crippen LogP contribution >= 0.6 is 27.5 Å². The zero-order valence-corrected chi connectivity index (χ0v) is 31.1. The van der Waals surface area contributed by atoms with Gasteiger partial charge in [0.15, 0.2) is 0 Å². The fraction of sp³-hybridized carbons (Fsp3) is 0.447. The average Bonchev–Trinajstić information content (AvgIpc) is 3.79. The van der Waals surface area contributed by atoms with Crippen LogP contribution in [0.15, 0.2) is 71.2 Å². The van der Waals surface area contributed by atoms with Gasteiger partial charge in [0, 0.05) is 27.0 Å². The largest absolute Gasteiger partial charge is 0.490 e. The van der Waals surface area contributed by atoms with E-state index in [9.17, 15) is 19.5 Å². The maximum absolute atomic E-state index is 15.3. The summed E-state index contributed by atoms with van der Waals surface area (Å²) in [6.07, 6.45) is -0.657. The summed E-state index contributed by atoms with van der Waals surface area (Å²) in [4.78, 5) is 40.7. The highest BCUT2D eigenvalue weighted by Gasteiger charge is 2.62. The van der Waals surface area contributed by atoms with Crippen LogP contribution in [0.5, 0.6) is 5.75 Å². The molecule has 1 aliphatic carbocycles. The Bertz CT molecular complexity index is 1720. The van der Waals surface area contributed by atoms with Crippen molar-refractivity contribution in [1.82, 2.24) is 16.0 Å². The van der Waals surface area contributed by atoms with Gasteiger partial charge in [-0.15, -0.1) is 0 Å². The molecular weight excluding hydrogens is 729 g/mol. The molecule has 12 heteroatoms. The number of aliphatic hydroxyl groups is 1. The third kappa shape index (κ3) is 8.44. The number of benzene rings is 3. The van der Waals surface area contributed by atoms with Crippen molar-refractivity contribution in [3.63, 3.8) is 0 Å². The summed E-state index contributed by atoms with van der Waals surface area (Å²) in [6.45, 7) is 7.49. The Morgan fingerprint density at radius 1 is 1.08 bits per heavy atom. The lowest BCUT2D eigenvalue weighted by Gasteiger charge is -2.35. The molecule has 3 aromatic carbocycles. The summed E-state index contributed by atoms with van der Waals surface area (Å²) in [5, 5.41) is 20.3. The molecule has 1 heterocycles. The molecule has 9 nitrogen and oxygen atoms in total. The predicted molar refractivity (Wildman–Crippen MR) is 192 cm³/mol. The van der Waals surface area contributed by atoms with E-state index in [0.29, 0.717) is 41.2 Å². The second-order valence-corrected chi connectivity index (χ2v) is 15.9. The Balaban J connectivity index is 1.47. The monoisotopic (exact) mass is 771 g/mol. The molecule has 50 heavy (non-hydrogen) atoms. The van der Waals surface area contributed by atoms with Gasteiger partial charge in [-0.2, -0.15) is 0 Å². The summed E-state index contributed by atoms with van der Waals surface area (Å²) in [5.41, 5.74) is 0.254. The number of rotatable bonds is 11. The highest BCUT2D eigenvalue weighted by molar-refractivity contribution is 9.10. The average molecular weight is 773 g/mol. The number of carbonyl (C=O) groups excluding carboxylic acids is 3. The molecule has 1 saturated carbocycles. The maximum Gasteiger partial charge on any atom is 0.407 e. The van der Waals surface area contributed by atoms with E-state index in [1.807, 2.05) is 52.0 Å². The first-order valence-corrected chi connectivity index (χ1v) is 17.8. The molecule has 1 fully saturated rings. The molecule has 268 valence electrons. The van der Waals surface area contributed by atoms with E-state index >= 15 is 4.39 Å². The highest BCUT2D eigenvalue weighted by atomic mass is 79.9. The molecule has 3 aromatic rings. The minimum atomic E-state index is -1.05. The summed E-state index contributed by atoms with van der Waals surface area (Å²) in [5.74, 6) is -1.34. The van der Waals surface area contributed by atoms with Gasteiger partial charge < -0.3 is 30.5 Å². The Kier molecular flexibility index (Phi) is 11.5. The molecule has 2 aliphatic rings. The molecule has 7 atom stereocenters. The molecule has 0 aromatic heterocycles. The lowest BCUT2D eigenvalue weighted by Crippen LogP contribution is -2.56. The molecule has 0 saturated heterocycles. The second kappa shape index (κ2) is 15.3. The molecule has 0 spiro atoms. The Morgan fingerprint density at radius 3 is 2.44 bits per heavy atom. The van der Waals surface area contributed by atoms with E-state index in [-0.39, 0.29) is 18.4 Å². The first-order chi connectivity index (χ1) is 23.6. The number of methoxy groups -OCH3 is 1. The van der Waals surface area contributed by atoms with Gasteiger partial charge in [0.1, 0.15) is 30.3 Å². The first kappa shape index (κ1) is 37.6. The van der Waals surface area contributed by atoms with E-state index in [1.165, 1.54) is 13.2 Å². The number of hydrogen-bond acceptors (Lipinski definition) is 6. The zero-order chi connectivity index (χ0) is 36.4. The van der Waals surface area contributed by atoms with Crippen molar-refractivity contribution < 1.29 is 33.4 Å². The van der Waals surface area contributed by atoms with Crippen LogP contribution in [0.25, 0.3) is 0 Å². The van der Waals surface area contributed by atoms with Crippen molar-refractivity contribution in [2.45, 2.75) is 77.1 Å². The van der Waals surface area contributed by atoms with Crippen LogP contribution in [0.3, 0.4) is 0 Å². The molecule has 4 N–H and O–H groups in total. The number of amides is 3. The lowest BCUT2D eigenvalue weighted by molar-refractivity contribution is -0.129. The Morgan fingerprint density at radius 2 is 1.78 bits per heavy atom. The Labute approximate surface area is 305 Å². The molecule has 3 amide bonds. The second-order valence-electron chi connectivity index (χ2n) is 14.5. The number of carbonyl (C=O) groups is 3. The van der Waals surface area contributed by atoms with Crippen LogP contribution in [0, 0.1) is 22.6 Å². The van der Waals surface area contributed by atoms with E-state index in [2.05, 4.69) is 31.9 Å². The topological polar surface area (TPSA) is 126 Å². The number of nitrogens with one attached hydrogen (secondary N) is 3. The van der Waals surface area contributed by atoms with Crippen molar-refractivity contribution >= 4 is 45.4 Å². The van der Waals surface area contributed by atoms with E-state index in [4.69, 9.17) is 21.1 Å². The van der Waals surface area contributed by atoms with Gasteiger partial charge in [0.2, 0.25) is 11.8 Å². The molecular formula is C38H44BrClFN3O6. The third-order valence-corrected chi connectivity index (χ3v) is 10.6. The van der Waals surface area contributed by atoms with Gasteiger partial charge in [0.25, 0.3) is 0 Å². The number of halogens is 3. The van der Waals surface area contributed by atoms with Gasteiger partial charge in [-0.1, -0.05) is 85.6 Å². The summed E-state index contributed by atoms with van der Waals surface area (Å²) < 4.78 is 26.7. The van der Waals surface area contributed by atoms with Gasteiger partial charge >= 0.3 is 6.09 Å². The van der Waals surface area contributed by atoms with Crippen molar-refractivity contribution in [3.05, 3.63) is 98.7 Å². The van der Waals surface area contributed by atoms with Crippen LogP contribution in [0.1, 0.15) is 69.2 Å². The number of fused-ring (bicyclic) bond motifs is 1. The van der Waals surface area contributed by atoms with Gasteiger partial charge in [0.05, 0.1) is 18.6 Å². The number of hydrogen-bond donors (Lipinski definition) is 4. The number of aliphatic hydroxyl groups excluding tert-OH is 1. The smallest absolute Gasteiger partial charge is 0.407 e. The zero-order valence-electron chi connectivity index (χ0n) is 28.8. The maximum atomic E-state index is 15.3. The molecule has 0 radical (unpaired) electrons. The molecule has 0 bridgehead atoms. The van der Waals surface area contributed by atoms with Crippen LogP contribution < -0.4 is 20.7 Å². The fourth-order valence-electron chi connectivity index (χ4n) is 6.98. The fourth-order valence-corrected chi connectivity index (χ4v) is 7.42. The molecule has 1 aliphatic heterocycles. The summed E-state index contributed by atoms with van der Waals surface area (Å²) >= 11 is 9.78. The lowest BCUT2D eigenvalue weighted by atomic mass is 9.81. The van der Waals surface area contributed by atoms with Crippen molar-refractivity contribution in [3.8, 4) is 5.75 Å². The predicted octanol–water partition coefficient (Wildman–Crippen LogP) is 6.85. The quantitative estimate of drug-likeness (QED) is 0.169. The van der Waals surface area contributed by atoms with Gasteiger partial charge in [-0.25, -0.2) is 9.18 Å². The van der Waals surface area contributed by atoms with Crippen LogP contribution in [0.2, 0.25) is 5.02 Å². The summed E-state index contributed by atoms with van der Waals surface area (Å²) in [7, 11) is 1.24. The minimum absolute atomic E-state index is 0.0183. The van der Waals surface area contributed by atoms with Crippen LogP contribution in [0.4, 0.5) is 9.18 Å². The van der Waals surface area contributed by atoms with Crippen LogP contribution in [-0.2, 0) is 20.7 Å². The normalized spacial score (nSPS) is 22.9. The standard InChI is InChI=1S/C38H44BrClFN3O6/c1-21(29(16-22-10-12-23(39)13-11-22)42-34(46)33(37(2,3)4)44-36(48)49-5)18-38(19-27(38)25-8-6-7-9-28(25)41)35(47)43-32-26-17-24(40)14-15-31(26)50-20-30(32)45/h6-15,17,21,27,29-30,32-33,45H,16,18-20H2,1-5H3,(H,42,46)(H,43,47)(H,44,48)/t21-,27-,29-,30+,32-,33+,38?/m0/s1. The van der Waals surface area contributed by atoms with E-state index in [0.717, 1.165) is 10.0 Å². The minimum Gasteiger partial charge on any atom is -0.490 e. The van der Waals surface area contributed by atoms with Gasteiger partial charge in [-0.05, 0) is 78.1 Å². The van der Waals surface area contributed by atoms with E-state index in [1.54, 1.807) is 36.4 Å². The highest BCUT2D eigenvalue weighted by Crippen LogP contribution is 2.64.